The summed E-state index contributed by atoms with van der Waals surface area (Å²) in [5.41, 5.74) is 6.50. The lowest BCUT2D eigenvalue weighted by molar-refractivity contribution is -0.274. The molecule has 0 saturated carbocycles. The zero-order valence-electron chi connectivity index (χ0n) is 10.9. The Morgan fingerprint density at radius 1 is 1.05 bits per heavy atom. The number of nitrogens with two attached hydrogens (primary N) is 1. The second-order valence-corrected chi connectivity index (χ2v) is 4.64. The number of benzene rings is 2. The number of alkyl halides is 3. The molecule has 22 heavy (non-hydrogen) atoms. The maximum absolute atomic E-state index is 13.9. The van der Waals surface area contributed by atoms with Crippen LogP contribution in [-0.4, -0.2) is 6.36 Å². The van der Waals surface area contributed by atoms with Crippen LogP contribution in [0.3, 0.4) is 0 Å². The van der Waals surface area contributed by atoms with Gasteiger partial charge in [-0.15, -0.1) is 25.6 Å². The van der Waals surface area contributed by atoms with Crippen LogP contribution in [0.25, 0.3) is 0 Å². The molecule has 2 nitrogen and oxygen atoms in total. The van der Waals surface area contributed by atoms with E-state index in [2.05, 4.69) is 4.74 Å². The Morgan fingerprint density at radius 2 is 1.64 bits per heavy atom. The van der Waals surface area contributed by atoms with Crippen LogP contribution >= 0.6 is 24.0 Å². The molecule has 8 heteroatoms. The van der Waals surface area contributed by atoms with E-state index in [1.165, 1.54) is 24.3 Å². The first-order chi connectivity index (χ1) is 9.78. The predicted molar refractivity (Wildman–Crippen MR) is 77.8 cm³/mol. The third-order valence-corrected chi connectivity index (χ3v) is 3.08. The molecule has 0 radical (unpaired) electrons. The van der Waals surface area contributed by atoms with Crippen molar-refractivity contribution in [3.63, 3.8) is 0 Å². The zero-order chi connectivity index (χ0) is 15.6. The molecule has 120 valence electrons. The summed E-state index contributed by atoms with van der Waals surface area (Å²) >= 11 is 5.67. The molecule has 0 amide bonds. The van der Waals surface area contributed by atoms with Gasteiger partial charge in [-0.05, 0) is 23.8 Å². The number of hydrogen-bond acceptors (Lipinski definition) is 2. The lowest BCUT2D eigenvalue weighted by atomic mass is 9.99. The lowest BCUT2D eigenvalue weighted by Crippen LogP contribution is -2.17. The van der Waals surface area contributed by atoms with Crippen molar-refractivity contribution in [1.29, 1.82) is 0 Å². The minimum Gasteiger partial charge on any atom is -0.406 e. The van der Waals surface area contributed by atoms with Crippen LogP contribution in [0.5, 0.6) is 5.75 Å². The van der Waals surface area contributed by atoms with Gasteiger partial charge in [0.2, 0.25) is 0 Å². The van der Waals surface area contributed by atoms with Gasteiger partial charge in [-0.1, -0.05) is 35.9 Å². The molecule has 2 rings (SSSR count). The van der Waals surface area contributed by atoms with Crippen molar-refractivity contribution in [3.8, 4) is 5.75 Å². The molecule has 0 aliphatic rings. The van der Waals surface area contributed by atoms with Crippen LogP contribution in [0.4, 0.5) is 17.6 Å². The Morgan fingerprint density at radius 3 is 2.18 bits per heavy atom. The van der Waals surface area contributed by atoms with Crippen LogP contribution in [0.2, 0.25) is 5.02 Å². The summed E-state index contributed by atoms with van der Waals surface area (Å²) in [4.78, 5) is 0. The van der Waals surface area contributed by atoms with Gasteiger partial charge in [0, 0.05) is 5.56 Å². The third-order valence-electron chi connectivity index (χ3n) is 2.79. The molecule has 0 heterocycles. The Kier molecular flexibility index (Phi) is 6.05. The van der Waals surface area contributed by atoms with Gasteiger partial charge in [0.15, 0.2) is 0 Å². The Balaban J connectivity index is 0.00000242. The van der Waals surface area contributed by atoms with Gasteiger partial charge in [0.25, 0.3) is 0 Å². The molecule has 0 bridgehead atoms. The monoisotopic (exact) mass is 355 g/mol. The molecule has 2 N–H and O–H groups in total. The van der Waals surface area contributed by atoms with Crippen molar-refractivity contribution in [2.24, 2.45) is 5.73 Å². The molecular formula is C14H11Cl2F4NO. The summed E-state index contributed by atoms with van der Waals surface area (Å²) in [6.45, 7) is 0. The van der Waals surface area contributed by atoms with Gasteiger partial charge in [-0.3, -0.25) is 0 Å². The number of halogens is 6. The normalized spacial score (nSPS) is 12.5. The van der Waals surface area contributed by atoms with Crippen LogP contribution in [0.1, 0.15) is 17.2 Å². The van der Waals surface area contributed by atoms with Crippen molar-refractivity contribution < 1.29 is 22.3 Å². The highest BCUT2D eigenvalue weighted by molar-refractivity contribution is 6.30. The number of ether oxygens (including phenoxy) is 1. The first kappa shape index (κ1) is 18.5. The van der Waals surface area contributed by atoms with Gasteiger partial charge < -0.3 is 10.5 Å². The SMILES string of the molecule is Cl.N[C@H](c1ccc(OC(F)(F)F)cc1)c1cccc(Cl)c1F. The summed E-state index contributed by atoms with van der Waals surface area (Å²) in [6.07, 6.45) is -4.76. The summed E-state index contributed by atoms with van der Waals surface area (Å²) < 4.78 is 53.8. The Labute approximate surface area is 135 Å². The molecular weight excluding hydrogens is 345 g/mol. The first-order valence-corrected chi connectivity index (χ1v) is 6.21. The summed E-state index contributed by atoms with van der Waals surface area (Å²) in [5.74, 6) is -1.02. The second-order valence-electron chi connectivity index (χ2n) is 4.24. The first-order valence-electron chi connectivity index (χ1n) is 5.83. The zero-order valence-corrected chi connectivity index (χ0v) is 12.5. The maximum Gasteiger partial charge on any atom is 0.573 e. The average molecular weight is 356 g/mol. The van der Waals surface area contributed by atoms with E-state index in [4.69, 9.17) is 17.3 Å². The van der Waals surface area contributed by atoms with E-state index in [1.807, 2.05) is 0 Å². The summed E-state index contributed by atoms with van der Waals surface area (Å²) in [7, 11) is 0. The maximum atomic E-state index is 13.9. The van der Waals surface area contributed by atoms with E-state index in [-0.39, 0.29) is 28.7 Å². The van der Waals surface area contributed by atoms with E-state index in [1.54, 1.807) is 6.07 Å². The second kappa shape index (κ2) is 7.17. The van der Waals surface area contributed by atoms with E-state index < -0.39 is 18.2 Å². The van der Waals surface area contributed by atoms with E-state index in [0.29, 0.717) is 5.56 Å². The highest BCUT2D eigenvalue weighted by Crippen LogP contribution is 2.28. The average Bonchev–Trinajstić information content (AvgIpc) is 2.40. The van der Waals surface area contributed by atoms with Gasteiger partial charge in [-0.25, -0.2) is 4.39 Å². The lowest BCUT2D eigenvalue weighted by Gasteiger charge is -2.15. The van der Waals surface area contributed by atoms with Gasteiger partial charge in [0.1, 0.15) is 11.6 Å². The van der Waals surface area contributed by atoms with Gasteiger partial charge in [0.05, 0.1) is 11.1 Å². The summed E-state index contributed by atoms with van der Waals surface area (Å²) in [6, 6.07) is 8.46. The van der Waals surface area contributed by atoms with Crippen molar-refractivity contribution >= 4 is 24.0 Å². The molecule has 0 aromatic heterocycles. The predicted octanol–water partition coefficient (Wildman–Crippen LogP) is 4.85. The van der Waals surface area contributed by atoms with Crippen LogP contribution in [0.15, 0.2) is 42.5 Å². The largest absolute Gasteiger partial charge is 0.573 e. The number of rotatable bonds is 3. The number of hydrogen-bond donors (Lipinski definition) is 1. The molecule has 0 unspecified atom stereocenters. The van der Waals surface area contributed by atoms with Crippen molar-refractivity contribution in [2.75, 3.05) is 0 Å². The molecule has 2 aromatic rings. The molecule has 2 aromatic carbocycles. The molecule has 0 aliphatic heterocycles. The smallest absolute Gasteiger partial charge is 0.406 e. The minimum atomic E-state index is -4.76. The van der Waals surface area contributed by atoms with Gasteiger partial charge >= 0.3 is 6.36 Å². The topological polar surface area (TPSA) is 35.2 Å². The highest BCUT2D eigenvalue weighted by atomic mass is 35.5. The molecule has 1 atom stereocenters. The van der Waals surface area contributed by atoms with E-state index in [0.717, 1.165) is 12.1 Å². The van der Waals surface area contributed by atoms with Crippen molar-refractivity contribution in [2.45, 2.75) is 12.4 Å². The fraction of sp³-hybridized carbons (Fsp3) is 0.143. The quantitative estimate of drug-likeness (QED) is 0.799. The minimum absolute atomic E-state index is 0. The third kappa shape index (κ3) is 4.50. The van der Waals surface area contributed by atoms with Crippen LogP contribution in [0, 0.1) is 5.82 Å². The highest BCUT2D eigenvalue weighted by Gasteiger charge is 2.31. The molecule has 0 saturated heterocycles. The van der Waals surface area contributed by atoms with Crippen LogP contribution in [-0.2, 0) is 0 Å². The van der Waals surface area contributed by atoms with E-state index >= 15 is 0 Å². The summed E-state index contributed by atoms with van der Waals surface area (Å²) in [5, 5.41) is -0.0695. The molecule has 0 spiro atoms. The molecule has 0 aliphatic carbocycles. The van der Waals surface area contributed by atoms with Gasteiger partial charge in [-0.2, -0.15) is 0 Å². The van der Waals surface area contributed by atoms with E-state index in [9.17, 15) is 17.6 Å². The fourth-order valence-electron chi connectivity index (χ4n) is 1.82. The van der Waals surface area contributed by atoms with Crippen molar-refractivity contribution in [1.82, 2.24) is 0 Å². The molecule has 0 fully saturated rings. The standard InChI is InChI=1S/C14H10ClF4NO.ClH/c15-11-3-1-2-10(12(11)16)13(20)8-4-6-9(7-5-8)21-14(17,18)19;/h1-7,13H,20H2;1H/t13-;/m1./s1. The van der Waals surface area contributed by atoms with Crippen molar-refractivity contribution in [3.05, 3.63) is 64.4 Å². The Hall–Kier alpha value is -1.50. The Bertz CT molecular complexity index is 632. The fourth-order valence-corrected chi connectivity index (χ4v) is 2.00. The van der Waals surface area contributed by atoms with Crippen LogP contribution < -0.4 is 10.5 Å².